The highest BCUT2D eigenvalue weighted by Crippen LogP contribution is 2.17. The lowest BCUT2D eigenvalue weighted by molar-refractivity contribution is -0.134. The maximum Gasteiger partial charge on any atom is 0.239 e. The molecule has 0 aromatic rings. The number of carbonyl (C=O) groups is 2. The van der Waals surface area contributed by atoms with Crippen molar-refractivity contribution in [3.63, 3.8) is 0 Å². The SMILES string of the molecule is CCCNC(=O)CN(C)C(=O)CNC1CC1. The average molecular weight is 227 g/mol. The molecule has 0 heterocycles. The van der Waals surface area contributed by atoms with E-state index in [-0.39, 0.29) is 18.4 Å². The highest BCUT2D eigenvalue weighted by Gasteiger charge is 2.22. The molecule has 2 N–H and O–H groups in total. The van der Waals surface area contributed by atoms with Gasteiger partial charge in [0.05, 0.1) is 13.1 Å². The molecule has 2 amide bonds. The zero-order chi connectivity index (χ0) is 12.0. The van der Waals surface area contributed by atoms with Gasteiger partial charge in [0, 0.05) is 19.6 Å². The second kappa shape index (κ2) is 6.48. The Morgan fingerprint density at radius 2 is 2.06 bits per heavy atom. The molecule has 5 heteroatoms. The van der Waals surface area contributed by atoms with Crippen LogP contribution in [0.4, 0.5) is 0 Å². The number of nitrogens with zero attached hydrogens (tertiary/aromatic N) is 1. The topological polar surface area (TPSA) is 61.4 Å². The number of carbonyl (C=O) groups excluding carboxylic acids is 2. The molecule has 92 valence electrons. The van der Waals surface area contributed by atoms with Crippen LogP contribution in [0.5, 0.6) is 0 Å². The van der Waals surface area contributed by atoms with Crippen LogP contribution in [0.25, 0.3) is 0 Å². The summed E-state index contributed by atoms with van der Waals surface area (Å²) >= 11 is 0. The van der Waals surface area contributed by atoms with Gasteiger partial charge in [-0.2, -0.15) is 0 Å². The second-order valence-electron chi connectivity index (χ2n) is 4.25. The third-order valence-corrected chi connectivity index (χ3v) is 2.50. The van der Waals surface area contributed by atoms with E-state index in [1.54, 1.807) is 7.05 Å². The minimum absolute atomic E-state index is 0.0291. The zero-order valence-corrected chi connectivity index (χ0v) is 10.1. The van der Waals surface area contributed by atoms with Gasteiger partial charge in [-0.3, -0.25) is 9.59 Å². The molecule has 0 unspecified atom stereocenters. The molecule has 1 aliphatic carbocycles. The number of likely N-dealkylation sites (N-methyl/N-ethyl adjacent to an activating group) is 1. The molecule has 0 aliphatic heterocycles. The van der Waals surface area contributed by atoms with Crippen LogP contribution in [0.3, 0.4) is 0 Å². The Labute approximate surface area is 96.6 Å². The predicted octanol–water partition coefficient (Wildman–Crippen LogP) is -0.277. The van der Waals surface area contributed by atoms with Gasteiger partial charge in [0.1, 0.15) is 0 Å². The molecule has 0 atom stereocenters. The molecular formula is C11H21N3O2. The quantitative estimate of drug-likeness (QED) is 0.629. The number of hydrogen-bond donors (Lipinski definition) is 2. The van der Waals surface area contributed by atoms with Crippen molar-refractivity contribution in [1.82, 2.24) is 15.5 Å². The monoisotopic (exact) mass is 227 g/mol. The molecule has 1 rings (SSSR count). The molecular weight excluding hydrogens is 206 g/mol. The summed E-state index contributed by atoms with van der Waals surface area (Å²) in [4.78, 5) is 24.4. The van der Waals surface area contributed by atoms with Crippen LogP contribution in [-0.2, 0) is 9.59 Å². The smallest absolute Gasteiger partial charge is 0.239 e. The summed E-state index contributed by atoms with van der Waals surface area (Å²) in [5.41, 5.74) is 0. The van der Waals surface area contributed by atoms with Gasteiger partial charge in [0.25, 0.3) is 0 Å². The average Bonchev–Trinajstić information content (AvgIpc) is 3.06. The molecule has 0 aromatic carbocycles. The molecule has 0 spiro atoms. The molecule has 1 aliphatic rings. The van der Waals surface area contributed by atoms with Crippen LogP contribution in [0, 0.1) is 0 Å². The number of hydrogen-bond acceptors (Lipinski definition) is 3. The van der Waals surface area contributed by atoms with Gasteiger partial charge in [0.2, 0.25) is 11.8 Å². The fourth-order valence-electron chi connectivity index (χ4n) is 1.28. The Kier molecular flexibility index (Phi) is 5.25. The van der Waals surface area contributed by atoms with E-state index in [1.165, 1.54) is 4.90 Å². The molecule has 0 saturated heterocycles. The molecule has 16 heavy (non-hydrogen) atoms. The van der Waals surface area contributed by atoms with E-state index in [1.807, 2.05) is 6.92 Å². The molecule has 0 radical (unpaired) electrons. The highest BCUT2D eigenvalue weighted by atomic mass is 16.2. The molecule has 1 saturated carbocycles. The van der Waals surface area contributed by atoms with Crippen molar-refractivity contribution in [3.05, 3.63) is 0 Å². The van der Waals surface area contributed by atoms with Gasteiger partial charge in [-0.05, 0) is 19.3 Å². The van der Waals surface area contributed by atoms with Crippen LogP contribution >= 0.6 is 0 Å². The minimum atomic E-state index is -0.0934. The summed E-state index contributed by atoms with van der Waals surface area (Å²) in [7, 11) is 1.66. The largest absolute Gasteiger partial charge is 0.355 e. The number of amides is 2. The van der Waals surface area contributed by atoms with Crippen molar-refractivity contribution in [2.24, 2.45) is 0 Å². The van der Waals surface area contributed by atoms with Gasteiger partial charge in [0.15, 0.2) is 0 Å². The van der Waals surface area contributed by atoms with Crippen LogP contribution in [-0.4, -0.2) is 49.4 Å². The lowest BCUT2D eigenvalue weighted by Crippen LogP contribution is -2.42. The van der Waals surface area contributed by atoms with Gasteiger partial charge >= 0.3 is 0 Å². The van der Waals surface area contributed by atoms with E-state index in [4.69, 9.17) is 0 Å². The summed E-state index contributed by atoms with van der Waals surface area (Å²) in [5, 5.41) is 5.87. The van der Waals surface area contributed by atoms with Crippen LogP contribution in [0.1, 0.15) is 26.2 Å². The van der Waals surface area contributed by atoms with Crippen molar-refractivity contribution in [3.8, 4) is 0 Å². The second-order valence-corrected chi connectivity index (χ2v) is 4.25. The minimum Gasteiger partial charge on any atom is -0.355 e. The maximum atomic E-state index is 11.6. The fraction of sp³-hybridized carbons (Fsp3) is 0.818. The normalized spacial score (nSPS) is 14.6. The van der Waals surface area contributed by atoms with Crippen LogP contribution in [0.15, 0.2) is 0 Å². The maximum absolute atomic E-state index is 11.6. The Balaban J connectivity index is 2.13. The lowest BCUT2D eigenvalue weighted by atomic mass is 10.4. The molecule has 0 aromatic heterocycles. The first kappa shape index (κ1) is 13.0. The van der Waals surface area contributed by atoms with Crippen LogP contribution in [0.2, 0.25) is 0 Å². The van der Waals surface area contributed by atoms with E-state index in [2.05, 4.69) is 10.6 Å². The first-order valence-corrected chi connectivity index (χ1v) is 5.87. The zero-order valence-electron chi connectivity index (χ0n) is 10.1. The third-order valence-electron chi connectivity index (χ3n) is 2.50. The van der Waals surface area contributed by atoms with E-state index in [9.17, 15) is 9.59 Å². The Bertz CT molecular complexity index is 252. The van der Waals surface area contributed by atoms with E-state index in [0.29, 0.717) is 19.1 Å². The summed E-state index contributed by atoms with van der Waals surface area (Å²) in [5.74, 6) is -0.123. The van der Waals surface area contributed by atoms with Gasteiger partial charge in [-0.25, -0.2) is 0 Å². The summed E-state index contributed by atoms with van der Waals surface area (Å²) < 4.78 is 0. The highest BCUT2D eigenvalue weighted by molar-refractivity contribution is 5.85. The van der Waals surface area contributed by atoms with Gasteiger partial charge in [-0.15, -0.1) is 0 Å². The van der Waals surface area contributed by atoms with Crippen molar-refractivity contribution < 1.29 is 9.59 Å². The third kappa shape index (κ3) is 5.11. The first-order valence-electron chi connectivity index (χ1n) is 5.87. The van der Waals surface area contributed by atoms with Crippen molar-refractivity contribution >= 4 is 11.8 Å². The van der Waals surface area contributed by atoms with E-state index in [0.717, 1.165) is 19.3 Å². The predicted molar refractivity (Wildman–Crippen MR) is 62.0 cm³/mol. The fourth-order valence-corrected chi connectivity index (χ4v) is 1.28. The Morgan fingerprint density at radius 3 is 2.62 bits per heavy atom. The molecule has 1 fully saturated rings. The van der Waals surface area contributed by atoms with Crippen molar-refractivity contribution in [2.75, 3.05) is 26.7 Å². The Hall–Kier alpha value is -1.10. The number of nitrogens with one attached hydrogen (secondary N) is 2. The van der Waals surface area contributed by atoms with Crippen LogP contribution < -0.4 is 10.6 Å². The summed E-state index contributed by atoms with van der Waals surface area (Å²) in [6.45, 7) is 3.14. The van der Waals surface area contributed by atoms with Crippen molar-refractivity contribution in [1.29, 1.82) is 0 Å². The first-order chi connectivity index (χ1) is 7.63. The van der Waals surface area contributed by atoms with Gasteiger partial charge in [-0.1, -0.05) is 6.92 Å². The molecule has 5 nitrogen and oxygen atoms in total. The summed E-state index contributed by atoms with van der Waals surface area (Å²) in [6.07, 6.45) is 3.23. The van der Waals surface area contributed by atoms with E-state index < -0.39 is 0 Å². The summed E-state index contributed by atoms with van der Waals surface area (Å²) in [6, 6.07) is 0.520. The van der Waals surface area contributed by atoms with Crippen molar-refractivity contribution in [2.45, 2.75) is 32.2 Å². The van der Waals surface area contributed by atoms with Gasteiger partial charge < -0.3 is 15.5 Å². The number of rotatable bonds is 7. The Morgan fingerprint density at radius 1 is 1.38 bits per heavy atom. The molecule has 0 bridgehead atoms. The lowest BCUT2D eigenvalue weighted by Gasteiger charge is -2.16. The van der Waals surface area contributed by atoms with E-state index >= 15 is 0 Å². The standard InChI is InChI=1S/C11H21N3O2/c1-3-6-12-10(15)8-14(2)11(16)7-13-9-4-5-9/h9,13H,3-8H2,1-2H3,(H,12,15).